The standard InChI is InChI=1S/C18H25N3O2/c1-18(2)14(9-15-11-16(5-8-22)23-21-15)10-17(18)20-12-13-3-6-19-7-4-13/h3-4,6-7,11,14,17,20,22H,5,8-10,12H2,1-2H3/t14-,17+/m1/s1. The predicted molar refractivity (Wildman–Crippen MR) is 87.7 cm³/mol. The maximum absolute atomic E-state index is 8.94. The molecule has 0 aromatic carbocycles. The average molecular weight is 315 g/mol. The van der Waals surface area contributed by atoms with Gasteiger partial charge in [-0.2, -0.15) is 0 Å². The number of aromatic nitrogens is 2. The highest BCUT2D eigenvalue weighted by atomic mass is 16.5. The first-order chi connectivity index (χ1) is 11.1. The summed E-state index contributed by atoms with van der Waals surface area (Å²) < 4.78 is 5.24. The van der Waals surface area contributed by atoms with Gasteiger partial charge < -0.3 is 14.9 Å². The van der Waals surface area contributed by atoms with Crippen LogP contribution in [0.2, 0.25) is 0 Å². The largest absolute Gasteiger partial charge is 0.396 e. The number of hydrogen-bond donors (Lipinski definition) is 2. The fourth-order valence-electron chi connectivity index (χ4n) is 3.38. The smallest absolute Gasteiger partial charge is 0.139 e. The minimum Gasteiger partial charge on any atom is -0.396 e. The monoisotopic (exact) mass is 315 g/mol. The normalized spacial score (nSPS) is 22.7. The lowest BCUT2D eigenvalue weighted by Crippen LogP contribution is -2.57. The molecule has 0 aliphatic heterocycles. The summed E-state index contributed by atoms with van der Waals surface area (Å²) in [7, 11) is 0. The number of aliphatic hydroxyl groups is 1. The minimum atomic E-state index is 0.102. The summed E-state index contributed by atoms with van der Waals surface area (Å²) in [4.78, 5) is 4.05. The fourth-order valence-corrected chi connectivity index (χ4v) is 3.38. The summed E-state index contributed by atoms with van der Waals surface area (Å²) in [6.45, 7) is 5.62. The van der Waals surface area contributed by atoms with Gasteiger partial charge in [0, 0.05) is 37.5 Å². The molecule has 5 heteroatoms. The molecule has 0 radical (unpaired) electrons. The van der Waals surface area contributed by atoms with Gasteiger partial charge in [-0.15, -0.1) is 0 Å². The van der Waals surface area contributed by atoms with Crippen molar-refractivity contribution in [1.82, 2.24) is 15.5 Å². The molecule has 1 aliphatic rings. The Balaban J connectivity index is 1.51. The van der Waals surface area contributed by atoms with Crippen LogP contribution in [-0.2, 0) is 19.4 Å². The van der Waals surface area contributed by atoms with E-state index in [1.807, 2.05) is 30.6 Å². The Morgan fingerprint density at radius 2 is 2.13 bits per heavy atom. The van der Waals surface area contributed by atoms with Gasteiger partial charge in [0.15, 0.2) is 0 Å². The summed E-state index contributed by atoms with van der Waals surface area (Å²) >= 11 is 0. The summed E-state index contributed by atoms with van der Waals surface area (Å²) in [5.41, 5.74) is 2.51. The number of nitrogens with zero attached hydrogens (tertiary/aromatic N) is 2. The molecule has 124 valence electrons. The average Bonchev–Trinajstić information content (AvgIpc) is 2.99. The summed E-state index contributed by atoms with van der Waals surface area (Å²) in [5.74, 6) is 1.37. The number of nitrogens with one attached hydrogen (secondary N) is 1. The first-order valence-electron chi connectivity index (χ1n) is 8.27. The van der Waals surface area contributed by atoms with Gasteiger partial charge in [-0.1, -0.05) is 19.0 Å². The highest BCUT2D eigenvalue weighted by molar-refractivity contribution is 5.13. The van der Waals surface area contributed by atoms with E-state index in [1.165, 1.54) is 5.56 Å². The lowest BCUT2D eigenvalue weighted by Gasteiger charge is -2.52. The number of aliphatic hydroxyl groups excluding tert-OH is 1. The van der Waals surface area contributed by atoms with E-state index in [0.717, 1.165) is 30.8 Å². The van der Waals surface area contributed by atoms with Crippen molar-refractivity contribution in [3.8, 4) is 0 Å². The van der Waals surface area contributed by atoms with E-state index in [9.17, 15) is 0 Å². The van der Waals surface area contributed by atoms with Crippen LogP contribution in [0.15, 0.2) is 35.1 Å². The Morgan fingerprint density at radius 1 is 1.35 bits per heavy atom. The van der Waals surface area contributed by atoms with Crippen molar-refractivity contribution in [3.05, 3.63) is 47.6 Å². The summed E-state index contributed by atoms with van der Waals surface area (Å²) in [6.07, 6.45) is 6.30. The quantitative estimate of drug-likeness (QED) is 0.820. The van der Waals surface area contributed by atoms with Gasteiger partial charge in [-0.25, -0.2) is 0 Å². The van der Waals surface area contributed by atoms with Crippen LogP contribution in [-0.4, -0.2) is 27.9 Å². The van der Waals surface area contributed by atoms with Crippen LogP contribution < -0.4 is 5.32 Å². The van der Waals surface area contributed by atoms with Gasteiger partial charge in [0.2, 0.25) is 0 Å². The van der Waals surface area contributed by atoms with Crippen molar-refractivity contribution < 1.29 is 9.63 Å². The van der Waals surface area contributed by atoms with Crippen molar-refractivity contribution in [2.24, 2.45) is 11.3 Å². The predicted octanol–water partition coefficient (Wildman–Crippen LogP) is 2.35. The second-order valence-electron chi connectivity index (χ2n) is 7.01. The summed E-state index contributed by atoms with van der Waals surface area (Å²) in [5, 5.41) is 16.7. The molecule has 0 unspecified atom stereocenters. The molecule has 1 saturated carbocycles. The Hall–Kier alpha value is -1.72. The molecule has 2 atom stereocenters. The molecule has 2 heterocycles. The molecule has 2 aromatic heterocycles. The van der Waals surface area contributed by atoms with E-state index >= 15 is 0 Å². The Labute approximate surface area is 137 Å². The molecule has 2 aromatic rings. The van der Waals surface area contributed by atoms with Crippen LogP contribution in [0.1, 0.15) is 37.3 Å². The van der Waals surface area contributed by atoms with Gasteiger partial charge in [-0.05, 0) is 41.9 Å². The van der Waals surface area contributed by atoms with Gasteiger partial charge in [0.1, 0.15) is 5.76 Å². The lowest BCUT2D eigenvalue weighted by molar-refractivity contribution is 0.0125. The fraction of sp³-hybridized carbons (Fsp3) is 0.556. The van der Waals surface area contributed by atoms with E-state index in [-0.39, 0.29) is 12.0 Å². The van der Waals surface area contributed by atoms with E-state index in [4.69, 9.17) is 9.63 Å². The van der Waals surface area contributed by atoms with Gasteiger partial charge in [-0.3, -0.25) is 4.98 Å². The van der Waals surface area contributed by atoms with Crippen molar-refractivity contribution in [3.63, 3.8) is 0 Å². The maximum atomic E-state index is 8.94. The third-order valence-corrected chi connectivity index (χ3v) is 5.19. The molecular weight excluding hydrogens is 290 g/mol. The Kier molecular flexibility index (Phi) is 4.78. The molecule has 0 saturated heterocycles. The molecule has 5 nitrogen and oxygen atoms in total. The van der Waals surface area contributed by atoms with Crippen LogP contribution in [0.4, 0.5) is 0 Å². The van der Waals surface area contributed by atoms with Crippen molar-refractivity contribution in [2.45, 2.75) is 45.7 Å². The maximum Gasteiger partial charge on any atom is 0.139 e. The second-order valence-corrected chi connectivity index (χ2v) is 7.01. The lowest BCUT2D eigenvalue weighted by atomic mass is 9.57. The van der Waals surface area contributed by atoms with Gasteiger partial charge in [0.05, 0.1) is 12.3 Å². The van der Waals surface area contributed by atoms with Gasteiger partial charge >= 0.3 is 0 Å². The van der Waals surface area contributed by atoms with E-state index in [1.54, 1.807) is 0 Å². The molecule has 0 spiro atoms. The number of hydrogen-bond acceptors (Lipinski definition) is 5. The van der Waals surface area contributed by atoms with Crippen LogP contribution >= 0.6 is 0 Å². The number of pyridine rings is 1. The van der Waals surface area contributed by atoms with Crippen LogP contribution in [0.3, 0.4) is 0 Å². The molecule has 2 N–H and O–H groups in total. The van der Waals surface area contributed by atoms with Crippen LogP contribution in [0, 0.1) is 11.3 Å². The Bertz CT molecular complexity index is 624. The Morgan fingerprint density at radius 3 is 2.83 bits per heavy atom. The van der Waals surface area contributed by atoms with Crippen molar-refractivity contribution in [2.75, 3.05) is 6.61 Å². The molecular formula is C18H25N3O2. The van der Waals surface area contributed by atoms with Gasteiger partial charge in [0.25, 0.3) is 0 Å². The first kappa shape index (κ1) is 16.1. The zero-order valence-corrected chi connectivity index (χ0v) is 13.8. The third-order valence-electron chi connectivity index (χ3n) is 5.19. The summed E-state index contributed by atoms with van der Waals surface area (Å²) in [6, 6.07) is 6.59. The molecule has 0 bridgehead atoms. The minimum absolute atomic E-state index is 0.102. The zero-order valence-electron chi connectivity index (χ0n) is 13.8. The van der Waals surface area contributed by atoms with Crippen molar-refractivity contribution in [1.29, 1.82) is 0 Å². The third kappa shape index (κ3) is 3.62. The molecule has 3 rings (SSSR count). The van der Waals surface area contributed by atoms with Crippen LogP contribution in [0.5, 0.6) is 0 Å². The highest BCUT2D eigenvalue weighted by Gasteiger charge is 2.47. The van der Waals surface area contributed by atoms with E-state index in [0.29, 0.717) is 18.4 Å². The topological polar surface area (TPSA) is 71.2 Å². The molecule has 23 heavy (non-hydrogen) atoms. The van der Waals surface area contributed by atoms with E-state index < -0.39 is 0 Å². The van der Waals surface area contributed by atoms with Crippen LogP contribution in [0.25, 0.3) is 0 Å². The number of rotatable bonds is 7. The second kappa shape index (κ2) is 6.81. The molecule has 0 amide bonds. The zero-order chi connectivity index (χ0) is 16.3. The highest BCUT2D eigenvalue weighted by Crippen LogP contribution is 2.47. The van der Waals surface area contributed by atoms with E-state index in [2.05, 4.69) is 29.3 Å². The molecule has 1 fully saturated rings. The first-order valence-corrected chi connectivity index (χ1v) is 8.27. The molecule has 1 aliphatic carbocycles. The van der Waals surface area contributed by atoms with Crippen molar-refractivity contribution >= 4 is 0 Å². The SMILES string of the molecule is CC1(C)[C@H](Cc2cc(CCO)on2)C[C@@H]1NCc1ccncc1.